The maximum atomic E-state index is 14.1. The van der Waals surface area contributed by atoms with Crippen molar-refractivity contribution in [2.45, 2.75) is 71.9 Å². The number of ether oxygens (including phenoxy) is 2. The molecule has 0 saturated heterocycles. The largest absolute Gasteiger partial charge is 0.493 e. The van der Waals surface area contributed by atoms with E-state index in [0.29, 0.717) is 42.9 Å². The predicted molar refractivity (Wildman–Crippen MR) is 163 cm³/mol. The van der Waals surface area contributed by atoms with E-state index in [4.69, 9.17) is 9.47 Å². The van der Waals surface area contributed by atoms with Gasteiger partial charge >= 0.3 is 0 Å². The predicted octanol–water partition coefficient (Wildman–Crippen LogP) is 8.00. The maximum absolute atomic E-state index is 14.1. The molecule has 0 aromatic heterocycles. The molecule has 0 radical (unpaired) electrons. The van der Waals surface area contributed by atoms with E-state index in [1.54, 1.807) is 7.11 Å². The van der Waals surface area contributed by atoms with Crippen LogP contribution in [0.15, 0.2) is 84.1 Å². The van der Waals surface area contributed by atoms with Gasteiger partial charge in [-0.25, -0.2) is 0 Å². The van der Waals surface area contributed by atoms with Crippen LogP contribution in [0.25, 0.3) is 0 Å². The van der Waals surface area contributed by atoms with Gasteiger partial charge in [-0.3, -0.25) is 14.5 Å². The van der Waals surface area contributed by atoms with Crippen LogP contribution in [0.2, 0.25) is 0 Å². The number of benzene rings is 3. The van der Waals surface area contributed by atoms with Crippen molar-refractivity contribution in [2.24, 2.45) is 5.41 Å². The summed E-state index contributed by atoms with van der Waals surface area (Å²) in [6.07, 6.45) is 4.36. The molecule has 1 atom stereocenters. The Labute approximate surface area is 243 Å². The van der Waals surface area contributed by atoms with E-state index < -0.39 is 6.04 Å². The van der Waals surface area contributed by atoms with Crippen molar-refractivity contribution >= 4 is 23.1 Å². The lowest BCUT2D eigenvalue weighted by atomic mass is 9.73. The number of hydrogen-bond acceptors (Lipinski definition) is 5. The topological polar surface area (TPSA) is 67.9 Å². The van der Waals surface area contributed by atoms with Crippen molar-refractivity contribution in [1.82, 2.24) is 0 Å². The number of rotatable bonds is 9. The standard InChI is InChI=1S/C35H40N2O4/c1-5-6-8-17-32(39)37-28-16-12-11-15-26(28)36-27-21-35(2,3)22-29(38)33(27)34(37)25-18-19-30(31(20-25)40-4)41-23-24-13-9-7-10-14-24/h7,9-16,18-20,34,36H,5-6,8,17,21-23H2,1-4H3/t34-/m1/s1. The summed E-state index contributed by atoms with van der Waals surface area (Å²) in [5.74, 6) is 1.25. The minimum absolute atomic E-state index is 0.00690. The van der Waals surface area contributed by atoms with E-state index in [9.17, 15) is 9.59 Å². The highest BCUT2D eigenvalue weighted by Crippen LogP contribution is 2.49. The Balaban J connectivity index is 1.62. The summed E-state index contributed by atoms with van der Waals surface area (Å²) in [7, 11) is 1.62. The molecule has 0 spiro atoms. The summed E-state index contributed by atoms with van der Waals surface area (Å²) in [6.45, 7) is 6.78. The number of nitrogens with one attached hydrogen (secondary N) is 1. The lowest BCUT2D eigenvalue weighted by molar-refractivity contribution is -0.119. The van der Waals surface area contributed by atoms with E-state index in [2.05, 4.69) is 26.1 Å². The number of hydrogen-bond donors (Lipinski definition) is 1. The molecule has 3 aromatic rings. The number of carbonyl (C=O) groups is 2. The average molecular weight is 553 g/mol. The Morgan fingerprint density at radius 1 is 0.976 bits per heavy atom. The number of para-hydroxylation sites is 2. The number of fused-ring (bicyclic) bond motifs is 1. The first-order valence-electron chi connectivity index (χ1n) is 14.6. The van der Waals surface area contributed by atoms with E-state index >= 15 is 0 Å². The number of unbranched alkanes of at least 4 members (excludes halogenated alkanes) is 2. The molecule has 1 N–H and O–H groups in total. The van der Waals surface area contributed by atoms with Crippen LogP contribution < -0.4 is 19.7 Å². The van der Waals surface area contributed by atoms with Gasteiger partial charge in [-0.1, -0.05) is 82.1 Å². The number of methoxy groups -OCH3 is 1. The van der Waals surface area contributed by atoms with Gasteiger partial charge in [-0.15, -0.1) is 0 Å². The number of ketones is 1. The zero-order chi connectivity index (χ0) is 29.0. The number of nitrogens with zero attached hydrogens (tertiary/aromatic N) is 1. The number of carbonyl (C=O) groups excluding carboxylic acids is 2. The summed E-state index contributed by atoms with van der Waals surface area (Å²) < 4.78 is 11.9. The highest BCUT2D eigenvalue weighted by Gasteiger charge is 2.43. The normalized spacial score (nSPS) is 17.7. The molecule has 5 rings (SSSR count). The van der Waals surface area contributed by atoms with Crippen LogP contribution in [0.4, 0.5) is 11.4 Å². The lowest BCUT2D eigenvalue weighted by Crippen LogP contribution is -2.39. The molecular formula is C35H40N2O4. The minimum Gasteiger partial charge on any atom is -0.493 e. The van der Waals surface area contributed by atoms with Gasteiger partial charge in [0, 0.05) is 24.1 Å². The third-order valence-corrected chi connectivity index (χ3v) is 7.90. The lowest BCUT2D eigenvalue weighted by Gasteiger charge is -2.37. The fourth-order valence-corrected chi connectivity index (χ4v) is 5.93. The second-order valence-electron chi connectivity index (χ2n) is 11.8. The summed E-state index contributed by atoms with van der Waals surface area (Å²) in [4.78, 5) is 29.9. The molecule has 1 heterocycles. The Morgan fingerprint density at radius 2 is 1.73 bits per heavy atom. The quantitative estimate of drug-likeness (QED) is 0.273. The first kappa shape index (κ1) is 28.5. The molecule has 6 nitrogen and oxygen atoms in total. The summed E-state index contributed by atoms with van der Waals surface area (Å²) in [6, 6.07) is 23.0. The zero-order valence-corrected chi connectivity index (χ0v) is 24.5. The van der Waals surface area contributed by atoms with Crippen molar-refractivity contribution in [3.05, 3.63) is 95.2 Å². The van der Waals surface area contributed by atoms with Crippen LogP contribution in [0.3, 0.4) is 0 Å². The third-order valence-electron chi connectivity index (χ3n) is 7.90. The van der Waals surface area contributed by atoms with Gasteiger partial charge in [-0.2, -0.15) is 0 Å². The molecule has 2 aliphatic rings. The summed E-state index contributed by atoms with van der Waals surface area (Å²) in [5, 5.41) is 3.59. The van der Waals surface area contributed by atoms with Crippen molar-refractivity contribution in [3.63, 3.8) is 0 Å². The molecule has 6 heteroatoms. The summed E-state index contributed by atoms with van der Waals surface area (Å²) >= 11 is 0. The number of Topliss-reactive ketones (excluding diaryl/α,β-unsaturated/α-hetero) is 1. The van der Waals surface area contributed by atoms with Crippen molar-refractivity contribution in [2.75, 3.05) is 17.3 Å². The third kappa shape index (κ3) is 6.17. The summed E-state index contributed by atoms with van der Waals surface area (Å²) in [5.41, 5.74) is 4.85. The second kappa shape index (κ2) is 12.2. The first-order valence-corrected chi connectivity index (χ1v) is 14.6. The molecule has 0 bridgehead atoms. The molecule has 3 aromatic carbocycles. The van der Waals surface area contributed by atoms with Crippen LogP contribution in [0.5, 0.6) is 11.5 Å². The van der Waals surface area contributed by atoms with Gasteiger partial charge in [0.1, 0.15) is 6.61 Å². The van der Waals surface area contributed by atoms with Gasteiger partial charge < -0.3 is 14.8 Å². The molecule has 41 heavy (non-hydrogen) atoms. The van der Waals surface area contributed by atoms with Crippen molar-refractivity contribution < 1.29 is 19.1 Å². The van der Waals surface area contributed by atoms with Gasteiger partial charge in [0.25, 0.3) is 0 Å². The second-order valence-corrected chi connectivity index (χ2v) is 11.8. The molecule has 0 unspecified atom stereocenters. The number of anilines is 2. The van der Waals surface area contributed by atoms with Crippen molar-refractivity contribution in [3.8, 4) is 11.5 Å². The molecule has 1 aliphatic heterocycles. The van der Waals surface area contributed by atoms with Crippen LogP contribution >= 0.6 is 0 Å². The van der Waals surface area contributed by atoms with Gasteiger partial charge in [0.15, 0.2) is 17.3 Å². The van der Waals surface area contributed by atoms with Gasteiger partial charge in [-0.05, 0) is 53.6 Å². The smallest absolute Gasteiger partial charge is 0.227 e. The monoisotopic (exact) mass is 552 g/mol. The van der Waals surface area contributed by atoms with Crippen LogP contribution in [-0.2, 0) is 16.2 Å². The Bertz CT molecular complexity index is 1440. The van der Waals surface area contributed by atoms with E-state index in [1.165, 1.54) is 0 Å². The Morgan fingerprint density at radius 3 is 2.49 bits per heavy atom. The highest BCUT2D eigenvalue weighted by atomic mass is 16.5. The molecule has 0 saturated carbocycles. The average Bonchev–Trinajstić information content (AvgIpc) is 3.10. The molecule has 1 aliphatic carbocycles. The minimum atomic E-state index is -0.587. The first-order chi connectivity index (χ1) is 19.8. The SMILES string of the molecule is CCCCCC(=O)N1c2ccccc2NC2=C(C(=O)CC(C)(C)C2)[C@H]1c1ccc(OCc2ccccc2)c(OC)c1. The number of allylic oxidation sites excluding steroid dienone is 1. The highest BCUT2D eigenvalue weighted by molar-refractivity contribution is 6.06. The molecule has 0 fully saturated rings. The van der Waals surface area contributed by atoms with E-state index in [1.807, 2.05) is 77.7 Å². The molecule has 1 amide bonds. The van der Waals surface area contributed by atoms with Crippen LogP contribution in [-0.4, -0.2) is 18.8 Å². The van der Waals surface area contributed by atoms with Crippen LogP contribution in [0.1, 0.15) is 76.5 Å². The fourth-order valence-electron chi connectivity index (χ4n) is 5.93. The van der Waals surface area contributed by atoms with Gasteiger partial charge in [0.05, 0.1) is 24.5 Å². The maximum Gasteiger partial charge on any atom is 0.227 e. The number of amides is 1. The Kier molecular flexibility index (Phi) is 8.48. The van der Waals surface area contributed by atoms with Gasteiger partial charge in [0.2, 0.25) is 5.91 Å². The Hall–Kier alpha value is -4.06. The zero-order valence-electron chi connectivity index (χ0n) is 24.5. The van der Waals surface area contributed by atoms with Crippen LogP contribution in [0, 0.1) is 5.41 Å². The van der Waals surface area contributed by atoms with Crippen molar-refractivity contribution in [1.29, 1.82) is 0 Å². The molecular weight excluding hydrogens is 512 g/mol. The fraction of sp³-hybridized carbons (Fsp3) is 0.371. The molecule has 214 valence electrons. The van der Waals surface area contributed by atoms with E-state index in [-0.39, 0.29) is 17.1 Å². The van der Waals surface area contributed by atoms with E-state index in [0.717, 1.165) is 47.5 Å².